The van der Waals surface area contributed by atoms with E-state index in [1.54, 1.807) is 0 Å². The highest BCUT2D eigenvalue weighted by atomic mass is 16.5. The minimum absolute atomic E-state index is 0.237. The highest BCUT2D eigenvalue weighted by Crippen LogP contribution is 2.28. The van der Waals surface area contributed by atoms with Crippen LogP contribution < -0.4 is 5.32 Å². The van der Waals surface area contributed by atoms with E-state index in [9.17, 15) is 0 Å². The maximum atomic E-state index is 5.60. The van der Waals surface area contributed by atoms with Crippen LogP contribution in [0.4, 0.5) is 0 Å². The Kier molecular flexibility index (Phi) is 5.73. The summed E-state index contributed by atoms with van der Waals surface area (Å²) in [4.78, 5) is 2.63. The van der Waals surface area contributed by atoms with Gasteiger partial charge >= 0.3 is 0 Å². The summed E-state index contributed by atoms with van der Waals surface area (Å²) in [6, 6.07) is 0.426. The molecular formula is C13H28N2O. The second-order valence-corrected chi connectivity index (χ2v) is 4.91. The second kappa shape index (κ2) is 6.58. The van der Waals surface area contributed by atoms with Gasteiger partial charge in [-0.3, -0.25) is 4.90 Å². The van der Waals surface area contributed by atoms with Gasteiger partial charge in [0.1, 0.15) is 0 Å². The van der Waals surface area contributed by atoms with Crippen molar-refractivity contribution < 1.29 is 4.74 Å². The van der Waals surface area contributed by atoms with Crippen LogP contribution in [0.3, 0.4) is 0 Å². The Morgan fingerprint density at radius 2 is 1.94 bits per heavy atom. The largest absolute Gasteiger partial charge is 0.380 e. The number of hydrogen-bond donors (Lipinski definition) is 1. The molecule has 1 aliphatic heterocycles. The minimum Gasteiger partial charge on any atom is -0.380 e. The summed E-state index contributed by atoms with van der Waals surface area (Å²) in [6.07, 6.45) is 3.87. The van der Waals surface area contributed by atoms with Crippen molar-refractivity contribution in [1.82, 2.24) is 10.2 Å². The van der Waals surface area contributed by atoms with Crippen LogP contribution in [-0.4, -0.2) is 49.8 Å². The van der Waals surface area contributed by atoms with E-state index < -0.39 is 0 Å². The molecule has 1 heterocycles. The highest BCUT2D eigenvalue weighted by molar-refractivity contribution is 4.97. The molecule has 0 aliphatic carbocycles. The predicted octanol–water partition coefficient (Wildman–Crippen LogP) is 1.88. The Hall–Kier alpha value is -0.120. The van der Waals surface area contributed by atoms with Crippen LogP contribution in [0.5, 0.6) is 0 Å². The summed E-state index contributed by atoms with van der Waals surface area (Å²) in [6.45, 7) is 10.8. The van der Waals surface area contributed by atoms with E-state index in [2.05, 4.69) is 31.0 Å². The first-order valence-corrected chi connectivity index (χ1v) is 6.69. The van der Waals surface area contributed by atoms with Crippen molar-refractivity contribution in [3.8, 4) is 0 Å². The van der Waals surface area contributed by atoms with Crippen LogP contribution >= 0.6 is 0 Å². The molecule has 1 rings (SSSR count). The van der Waals surface area contributed by atoms with Crippen LogP contribution in [0.15, 0.2) is 0 Å². The number of hydrogen-bond acceptors (Lipinski definition) is 3. The normalized spacial score (nSPS) is 23.2. The van der Waals surface area contributed by atoms with Gasteiger partial charge in [-0.15, -0.1) is 0 Å². The van der Waals surface area contributed by atoms with Gasteiger partial charge in [0.2, 0.25) is 0 Å². The van der Waals surface area contributed by atoms with Gasteiger partial charge < -0.3 is 10.1 Å². The Morgan fingerprint density at radius 1 is 1.31 bits per heavy atom. The summed E-state index contributed by atoms with van der Waals surface area (Å²) >= 11 is 0. The van der Waals surface area contributed by atoms with Gasteiger partial charge in [-0.2, -0.15) is 0 Å². The van der Waals surface area contributed by atoms with Crippen LogP contribution in [0.1, 0.15) is 40.0 Å². The lowest BCUT2D eigenvalue weighted by Gasteiger charge is -2.44. The monoisotopic (exact) mass is 228 g/mol. The highest BCUT2D eigenvalue weighted by Gasteiger charge is 2.38. The average molecular weight is 228 g/mol. The molecule has 96 valence electrons. The fourth-order valence-corrected chi connectivity index (χ4v) is 2.73. The third-order valence-electron chi connectivity index (χ3n) is 4.13. The molecule has 2 unspecified atom stereocenters. The van der Waals surface area contributed by atoms with Gasteiger partial charge in [0.25, 0.3) is 0 Å². The van der Waals surface area contributed by atoms with E-state index in [4.69, 9.17) is 4.74 Å². The molecule has 0 bridgehead atoms. The molecule has 3 nitrogen and oxygen atoms in total. The van der Waals surface area contributed by atoms with Crippen molar-refractivity contribution in [3.05, 3.63) is 0 Å². The molecule has 0 radical (unpaired) electrons. The fraction of sp³-hybridized carbons (Fsp3) is 1.00. The van der Waals surface area contributed by atoms with Gasteiger partial charge in [-0.05, 0) is 53.2 Å². The second-order valence-electron chi connectivity index (χ2n) is 4.91. The van der Waals surface area contributed by atoms with Crippen molar-refractivity contribution in [2.24, 2.45) is 0 Å². The maximum absolute atomic E-state index is 5.60. The molecule has 0 aromatic heterocycles. The Morgan fingerprint density at radius 3 is 2.38 bits per heavy atom. The first-order chi connectivity index (χ1) is 7.69. The molecule has 0 amide bonds. The van der Waals surface area contributed by atoms with Gasteiger partial charge in [0.05, 0.1) is 6.61 Å². The summed E-state index contributed by atoms with van der Waals surface area (Å²) in [5.41, 5.74) is 0.237. The van der Waals surface area contributed by atoms with Gasteiger partial charge in [-0.25, -0.2) is 0 Å². The molecular weight excluding hydrogens is 200 g/mol. The van der Waals surface area contributed by atoms with E-state index in [1.807, 2.05) is 7.05 Å². The zero-order chi connectivity index (χ0) is 12.0. The van der Waals surface area contributed by atoms with E-state index in [-0.39, 0.29) is 5.54 Å². The molecule has 1 fully saturated rings. The number of rotatable bonds is 7. The Balaban J connectivity index is 2.66. The predicted molar refractivity (Wildman–Crippen MR) is 68.8 cm³/mol. The van der Waals surface area contributed by atoms with E-state index in [0.29, 0.717) is 6.04 Å². The number of likely N-dealkylation sites (tertiary alicyclic amines) is 1. The topological polar surface area (TPSA) is 24.5 Å². The van der Waals surface area contributed by atoms with Gasteiger partial charge in [0.15, 0.2) is 0 Å². The number of likely N-dealkylation sites (N-methyl/N-ethyl adjacent to an activating group) is 1. The molecule has 1 saturated heterocycles. The number of nitrogens with zero attached hydrogens (tertiary/aromatic N) is 1. The lowest BCUT2D eigenvalue weighted by atomic mass is 9.88. The standard InChI is InChI=1S/C13H28N2O/c1-5-13(3,15-9-7-8-10-15)12(14-4)11-16-6-2/h12,14H,5-11H2,1-4H3. The van der Waals surface area contributed by atoms with Crippen LogP contribution in [0.2, 0.25) is 0 Å². The van der Waals surface area contributed by atoms with Crippen molar-refractivity contribution in [3.63, 3.8) is 0 Å². The molecule has 1 N–H and O–H groups in total. The van der Waals surface area contributed by atoms with Crippen molar-refractivity contribution >= 4 is 0 Å². The Bertz CT molecular complexity index is 192. The minimum atomic E-state index is 0.237. The third-order valence-corrected chi connectivity index (χ3v) is 4.13. The van der Waals surface area contributed by atoms with Crippen molar-refractivity contribution in [2.45, 2.75) is 51.6 Å². The molecule has 16 heavy (non-hydrogen) atoms. The van der Waals surface area contributed by atoms with Gasteiger partial charge in [-0.1, -0.05) is 6.92 Å². The zero-order valence-electron chi connectivity index (χ0n) is 11.4. The molecule has 0 spiro atoms. The maximum Gasteiger partial charge on any atom is 0.0637 e. The SMILES string of the molecule is CCOCC(NC)C(C)(CC)N1CCCC1. The van der Waals surface area contributed by atoms with Crippen LogP contribution in [0.25, 0.3) is 0 Å². The van der Waals surface area contributed by atoms with E-state index in [0.717, 1.165) is 13.2 Å². The summed E-state index contributed by atoms with van der Waals surface area (Å²) in [7, 11) is 2.05. The molecule has 1 aliphatic rings. The molecule has 0 aromatic carbocycles. The number of ether oxygens (including phenoxy) is 1. The van der Waals surface area contributed by atoms with Crippen molar-refractivity contribution in [2.75, 3.05) is 33.4 Å². The van der Waals surface area contributed by atoms with E-state index in [1.165, 1.54) is 32.4 Å². The lowest BCUT2D eigenvalue weighted by molar-refractivity contribution is 0.0308. The van der Waals surface area contributed by atoms with Crippen LogP contribution in [-0.2, 0) is 4.74 Å². The molecule has 0 saturated carbocycles. The molecule has 2 atom stereocenters. The third kappa shape index (κ3) is 2.96. The fourth-order valence-electron chi connectivity index (χ4n) is 2.73. The lowest BCUT2D eigenvalue weighted by Crippen LogP contribution is -2.59. The van der Waals surface area contributed by atoms with Crippen molar-refractivity contribution in [1.29, 1.82) is 0 Å². The molecule has 0 aromatic rings. The average Bonchev–Trinajstić information content (AvgIpc) is 2.83. The summed E-state index contributed by atoms with van der Waals surface area (Å²) in [5.74, 6) is 0. The summed E-state index contributed by atoms with van der Waals surface area (Å²) < 4.78 is 5.60. The first kappa shape index (κ1) is 13.9. The quantitative estimate of drug-likeness (QED) is 0.720. The van der Waals surface area contributed by atoms with E-state index >= 15 is 0 Å². The van der Waals surface area contributed by atoms with Crippen LogP contribution in [0, 0.1) is 0 Å². The first-order valence-electron chi connectivity index (χ1n) is 6.69. The van der Waals surface area contributed by atoms with Gasteiger partial charge in [0, 0.05) is 18.2 Å². The number of nitrogens with one attached hydrogen (secondary N) is 1. The molecule has 3 heteroatoms. The Labute approximate surface area is 101 Å². The zero-order valence-corrected chi connectivity index (χ0v) is 11.4. The summed E-state index contributed by atoms with van der Waals surface area (Å²) in [5, 5.41) is 3.44. The smallest absolute Gasteiger partial charge is 0.0637 e.